The fourth-order valence-electron chi connectivity index (χ4n) is 2.41. The predicted molar refractivity (Wildman–Crippen MR) is 97.0 cm³/mol. The predicted octanol–water partition coefficient (Wildman–Crippen LogP) is 4.83. The smallest absolute Gasteiger partial charge is 0.407 e. The summed E-state index contributed by atoms with van der Waals surface area (Å²) >= 11 is 0. The van der Waals surface area contributed by atoms with Gasteiger partial charge in [-0.1, -0.05) is 72.6 Å². The Hall–Kier alpha value is -1.26. The summed E-state index contributed by atoms with van der Waals surface area (Å²) in [5.74, 6) is -0.390. The maximum Gasteiger partial charge on any atom is 0.407 e. The van der Waals surface area contributed by atoms with Crippen molar-refractivity contribution in [3.63, 3.8) is 0 Å². The van der Waals surface area contributed by atoms with Gasteiger partial charge < -0.3 is 14.8 Å². The van der Waals surface area contributed by atoms with Crippen LogP contribution >= 0.6 is 0 Å². The first-order valence-electron chi connectivity index (χ1n) is 9.42. The van der Waals surface area contributed by atoms with Crippen LogP contribution in [-0.2, 0) is 14.3 Å². The van der Waals surface area contributed by atoms with Crippen LogP contribution < -0.4 is 5.32 Å². The third-order valence-electron chi connectivity index (χ3n) is 3.88. The number of hydrogen-bond donors (Lipinski definition) is 1. The van der Waals surface area contributed by atoms with Crippen LogP contribution in [0.5, 0.6) is 0 Å². The van der Waals surface area contributed by atoms with Gasteiger partial charge in [-0.25, -0.2) is 9.59 Å². The van der Waals surface area contributed by atoms with E-state index < -0.39 is 23.5 Å². The second-order valence-corrected chi connectivity index (χ2v) is 7.31. The first kappa shape index (κ1) is 22.7. The van der Waals surface area contributed by atoms with Gasteiger partial charge in [-0.3, -0.25) is 0 Å². The molecule has 0 spiro atoms. The van der Waals surface area contributed by atoms with Crippen molar-refractivity contribution in [3.05, 3.63) is 0 Å². The minimum absolute atomic E-state index is 0.274. The van der Waals surface area contributed by atoms with Gasteiger partial charge in [0, 0.05) is 0 Å². The Morgan fingerprint density at radius 2 is 1.42 bits per heavy atom. The molecule has 1 N–H and O–H groups in total. The molecule has 24 heavy (non-hydrogen) atoms. The van der Waals surface area contributed by atoms with Crippen LogP contribution in [0.4, 0.5) is 4.79 Å². The van der Waals surface area contributed by atoms with E-state index in [1.165, 1.54) is 38.5 Å². The number of rotatable bonds is 12. The number of carbonyl (C=O) groups excluding carboxylic acids is 2. The molecule has 0 radical (unpaired) electrons. The molecular weight excluding hydrogens is 306 g/mol. The zero-order valence-electron chi connectivity index (χ0n) is 16.3. The molecule has 142 valence electrons. The molecule has 5 heteroatoms. The Bertz CT molecular complexity index is 350. The second-order valence-electron chi connectivity index (χ2n) is 7.31. The van der Waals surface area contributed by atoms with E-state index in [2.05, 4.69) is 12.2 Å². The Kier molecular flexibility index (Phi) is 12.4. The average Bonchev–Trinajstić information content (AvgIpc) is 2.50. The highest BCUT2D eigenvalue weighted by molar-refractivity contribution is 5.82. The number of nitrogens with one attached hydrogen (secondary N) is 1. The lowest BCUT2D eigenvalue weighted by molar-refractivity contribution is -0.149. The summed E-state index contributed by atoms with van der Waals surface area (Å²) in [6.07, 6.45) is 9.00. The minimum Gasteiger partial charge on any atom is -0.464 e. The lowest BCUT2D eigenvalue weighted by Gasteiger charge is -2.29. The van der Waals surface area contributed by atoms with Crippen molar-refractivity contribution in [2.75, 3.05) is 13.2 Å². The van der Waals surface area contributed by atoms with Crippen LogP contribution in [-0.4, -0.2) is 31.3 Å². The van der Waals surface area contributed by atoms with E-state index in [9.17, 15) is 9.59 Å². The normalized spacial score (nSPS) is 12.5. The second kappa shape index (κ2) is 13.1. The fourth-order valence-corrected chi connectivity index (χ4v) is 2.41. The molecule has 0 aromatic carbocycles. The third kappa shape index (κ3) is 11.3. The van der Waals surface area contributed by atoms with Crippen molar-refractivity contribution in [1.82, 2.24) is 5.32 Å². The van der Waals surface area contributed by atoms with Crippen LogP contribution in [0.2, 0.25) is 0 Å². The van der Waals surface area contributed by atoms with Gasteiger partial charge in [0.1, 0.15) is 6.04 Å². The van der Waals surface area contributed by atoms with Crippen molar-refractivity contribution < 1.29 is 19.1 Å². The molecule has 0 rings (SSSR count). The van der Waals surface area contributed by atoms with Gasteiger partial charge >= 0.3 is 12.1 Å². The van der Waals surface area contributed by atoms with Crippen molar-refractivity contribution in [1.29, 1.82) is 0 Å². The van der Waals surface area contributed by atoms with Gasteiger partial charge in [-0.15, -0.1) is 0 Å². The van der Waals surface area contributed by atoms with Crippen LogP contribution in [0.15, 0.2) is 0 Å². The third-order valence-corrected chi connectivity index (χ3v) is 3.88. The van der Waals surface area contributed by atoms with E-state index in [0.717, 1.165) is 12.8 Å². The van der Waals surface area contributed by atoms with Crippen LogP contribution in [0.3, 0.4) is 0 Å². The highest BCUT2D eigenvalue weighted by Crippen LogP contribution is 2.21. The molecule has 0 saturated carbocycles. The van der Waals surface area contributed by atoms with E-state index >= 15 is 0 Å². The lowest BCUT2D eigenvalue weighted by atomic mass is 9.87. The van der Waals surface area contributed by atoms with Gasteiger partial charge in [-0.2, -0.15) is 0 Å². The van der Waals surface area contributed by atoms with Crippen LogP contribution in [0, 0.1) is 5.41 Å². The number of alkyl carbamates (subject to hydrolysis) is 1. The molecule has 1 atom stereocenters. The SMILES string of the molecule is CCCCCCCCCCOC(=O)C(NC(=O)OCC)C(C)(C)C. The van der Waals surface area contributed by atoms with E-state index in [1.54, 1.807) is 6.92 Å². The number of carbonyl (C=O) groups is 2. The summed E-state index contributed by atoms with van der Waals surface area (Å²) in [6.45, 7) is 10.3. The lowest BCUT2D eigenvalue weighted by Crippen LogP contribution is -2.50. The monoisotopic (exact) mass is 343 g/mol. The summed E-state index contributed by atoms with van der Waals surface area (Å²) in [5.41, 5.74) is -0.427. The zero-order valence-corrected chi connectivity index (χ0v) is 16.3. The van der Waals surface area contributed by atoms with Crippen molar-refractivity contribution in [3.8, 4) is 0 Å². The maximum atomic E-state index is 12.2. The Morgan fingerprint density at radius 1 is 0.875 bits per heavy atom. The van der Waals surface area contributed by atoms with Gasteiger partial charge in [0.15, 0.2) is 0 Å². The first-order chi connectivity index (χ1) is 11.3. The quantitative estimate of drug-likeness (QED) is 0.407. The number of ether oxygens (including phenoxy) is 2. The molecule has 0 aromatic heterocycles. The topological polar surface area (TPSA) is 64.6 Å². The standard InChI is InChI=1S/C19H37NO4/c1-6-8-9-10-11-12-13-14-15-24-17(21)16(19(3,4)5)20-18(22)23-7-2/h16H,6-15H2,1-5H3,(H,20,22). The summed E-state index contributed by atoms with van der Waals surface area (Å²) in [6, 6.07) is -0.703. The fraction of sp³-hybridized carbons (Fsp3) is 0.895. The number of hydrogen-bond acceptors (Lipinski definition) is 4. The Balaban J connectivity index is 4.00. The number of amides is 1. The summed E-state index contributed by atoms with van der Waals surface area (Å²) in [7, 11) is 0. The summed E-state index contributed by atoms with van der Waals surface area (Å²) < 4.78 is 10.2. The van der Waals surface area contributed by atoms with E-state index in [0.29, 0.717) is 6.61 Å². The molecule has 1 amide bonds. The van der Waals surface area contributed by atoms with Gasteiger partial charge in [0.05, 0.1) is 13.2 Å². The Morgan fingerprint density at radius 3 is 1.92 bits per heavy atom. The molecule has 0 aromatic rings. The maximum absolute atomic E-state index is 12.2. The van der Waals surface area contributed by atoms with E-state index in [4.69, 9.17) is 9.47 Å². The molecule has 0 saturated heterocycles. The summed E-state index contributed by atoms with van der Waals surface area (Å²) in [5, 5.41) is 2.60. The van der Waals surface area contributed by atoms with Crippen LogP contribution in [0.25, 0.3) is 0 Å². The van der Waals surface area contributed by atoms with Crippen molar-refractivity contribution in [2.45, 2.75) is 92.0 Å². The molecule has 0 aliphatic heterocycles. The van der Waals surface area contributed by atoms with E-state index in [1.807, 2.05) is 20.8 Å². The molecule has 5 nitrogen and oxygen atoms in total. The van der Waals surface area contributed by atoms with Gasteiger partial charge in [-0.05, 0) is 18.8 Å². The molecule has 0 aliphatic rings. The number of unbranched alkanes of at least 4 members (excludes halogenated alkanes) is 7. The molecule has 0 aliphatic carbocycles. The average molecular weight is 344 g/mol. The zero-order chi connectivity index (χ0) is 18.4. The summed E-state index contributed by atoms with van der Waals surface area (Å²) in [4.78, 5) is 23.8. The number of esters is 1. The molecule has 0 bridgehead atoms. The van der Waals surface area contributed by atoms with Crippen LogP contribution in [0.1, 0.15) is 86.0 Å². The molecule has 0 heterocycles. The Labute approximate surface area is 147 Å². The van der Waals surface area contributed by atoms with Crippen molar-refractivity contribution in [2.24, 2.45) is 5.41 Å². The molecule has 0 fully saturated rings. The highest BCUT2D eigenvalue weighted by atomic mass is 16.6. The minimum atomic E-state index is -0.703. The highest BCUT2D eigenvalue weighted by Gasteiger charge is 2.34. The molecule has 1 unspecified atom stereocenters. The first-order valence-corrected chi connectivity index (χ1v) is 9.42. The van der Waals surface area contributed by atoms with Crippen molar-refractivity contribution >= 4 is 12.1 Å². The molecular formula is C19H37NO4. The van der Waals surface area contributed by atoms with Gasteiger partial charge in [0.25, 0.3) is 0 Å². The van der Waals surface area contributed by atoms with Gasteiger partial charge in [0.2, 0.25) is 0 Å². The largest absolute Gasteiger partial charge is 0.464 e. The van der Waals surface area contributed by atoms with E-state index in [-0.39, 0.29) is 6.61 Å².